The maximum atomic E-state index is 13.6. The number of benzene rings is 1. The van der Waals surface area contributed by atoms with Crippen LogP contribution in [0.15, 0.2) is 18.2 Å². The van der Waals surface area contributed by atoms with E-state index in [-0.39, 0.29) is 12.2 Å². The van der Waals surface area contributed by atoms with Gasteiger partial charge in [-0.15, -0.1) is 0 Å². The summed E-state index contributed by atoms with van der Waals surface area (Å²) < 4.78 is 26.7. The number of aliphatic hydroxyl groups is 1. The van der Waals surface area contributed by atoms with Crippen molar-refractivity contribution in [1.82, 2.24) is 10.2 Å². The summed E-state index contributed by atoms with van der Waals surface area (Å²) >= 11 is 0. The summed E-state index contributed by atoms with van der Waals surface area (Å²) in [6.07, 6.45) is 0. The fraction of sp³-hybridized carbons (Fsp3) is 0.571. The van der Waals surface area contributed by atoms with Crippen LogP contribution in [0.5, 0.6) is 0 Å². The van der Waals surface area contributed by atoms with Gasteiger partial charge in [0.2, 0.25) is 0 Å². The van der Waals surface area contributed by atoms with Gasteiger partial charge < -0.3 is 15.3 Å². The zero-order valence-corrected chi connectivity index (χ0v) is 11.5. The highest BCUT2D eigenvalue weighted by Gasteiger charge is 2.15. The Bertz CT molecular complexity index is 384. The minimum Gasteiger partial charge on any atom is -0.394 e. The van der Waals surface area contributed by atoms with Gasteiger partial charge in [-0.05, 0) is 31.3 Å². The van der Waals surface area contributed by atoms with Crippen LogP contribution in [0, 0.1) is 11.6 Å². The topological polar surface area (TPSA) is 35.5 Å². The molecule has 0 aliphatic rings. The van der Waals surface area contributed by atoms with Crippen molar-refractivity contribution in [3.8, 4) is 0 Å². The molecule has 1 aromatic rings. The lowest BCUT2D eigenvalue weighted by atomic mass is 10.1. The van der Waals surface area contributed by atoms with Crippen molar-refractivity contribution in [3.05, 3.63) is 35.4 Å². The third-order valence-corrected chi connectivity index (χ3v) is 3.23. The largest absolute Gasteiger partial charge is 0.394 e. The number of nitrogens with one attached hydrogen (secondary N) is 1. The quantitative estimate of drug-likeness (QED) is 0.759. The molecule has 2 N–H and O–H groups in total. The fourth-order valence-electron chi connectivity index (χ4n) is 1.99. The summed E-state index contributed by atoms with van der Waals surface area (Å²) in [5, 5.41) is 12.4. The van der Waals surface area contributed by atoms with Crippen LogP contribution in [-0.2, 0) is 0 Å². The first kappa shape index (κ1) is 16.0. The molecule has 0 amide bonds. The molecule has 5 heteroatoms. The van der Waals surface area contributed by atoms with Crippen molar-refractivity contribution in [1.29, 1.82) is 0 Å². The standard InChI is InChI=1S/C14H22F2N2O/c1-3-18(4-2)8-7-17-14(10-19)12-9-11(15)5-6-13(12)16/h5-6,9,14,17,19H,3-4,7-8,10H2,1-2H3. The molecule has 0 aliphatic carbocycles. The molecule has 0 heterocycles. The van der Waals surface area contributed by atoms with E-state index in [9.17, 15) is 13.9 Å². The summed E-state index contributed by atoms with van der Waals surface area (Å²) in [6, 6.07) is 2.70. The summed E-state index contributed by atoms with van der Waals surface area (Å²) in [5.41, 5.74) is 0.169. The summed E-state index contributed by atoms with van der Waals surface area (Å²) in [4.78, 5) is 2.21. The number of aliphatic hydroxyl groups excluding tert-OH is 1. The van der Waals surface area contributed by atoms with E-state index < -0.39 is 17.7 Å². The second-order valence-electron chi connectivity index (χ2n) is 4.38. The molecule has 0 saturated heterocycles. The minimum absolute atomic E-state index is 0.169. The molecule has 3 nitrogen and oxygen atoms in total. The Labute approximate surface area is 113 Å². The second kappa shape index (κ2) is 8.19. The van der Waals surface area contributed by atoms with Crippen LogP contribution in [0.2, 0.25) is 0 Å². The van der Waals surface area contributed by atoms with Crippen molar-refractivity contribution < 1.29 is 13.9 Å². The molecule has 1 atom stereocenters. The Balaban J connectivity index is 2.60. The van der Waals surface area contributed by atoms with Gasteiger partial charge in [0.15, 0.2) is 0 Å². The number of rotatable bonds is 8. The van der Waals surface area contributed by atoms with Crippen LogP contribution in [0.3, 0.4) is 0 Å². The molecule has 1 unspecified atom stereocenters. The van der Waals surface area contributed by atoms with E-state index in [1.54, 1.807) is 0 Å². The highest BCUT2D eigenvalue weighted by atomic mass is 19.1. The van der Waals surface area contributed by atoms with E-state index in [1.807, 2.05) is 0 Å². The van der Waals surface area contributed by atoms with E-state index in [2.05, 4.69) is 24.1 Å². The number of likely N-dealkylation sites (N-methyl/N-ethyl adjacent to an activating group) is 1. The smallest absolute Gasteiger partial charge is 0.128 e. The lowest BCUT2D eigenvalue weighted by molar-refractivity contribution is 0.230. The molecule has 1 aromatic carbocycles. The highest BCUT2D eigenvalue weighted by Crippen LogP contribution is 2.17. The molecule has 0 fully saturated rings. The third-order valence-electron chi connectivity index (χ3n) is 3.23. The van der Waals surface area contributed by atoms with Gasteiger partial charge in [-0.1, -0.05) is 13.8 Å². The van der Waals surface area contributed by atoms with Gasteiger partial charge in [0, 0.05) is 18.7 Å². The van der Waals surface area contributed by atoms with Gasteiger partial charge in [0.25, 0.3) is 0 Å². The average molecular weight is 272 g/mol. The van der Waals surface area contributed by atoms with E-state index in [1.165, 1.54) is 0 Å². The number of hydrogen-bond acceptors (Lipinski definition) is 3. The lowest BCUT2D eigenvalue weighted by Crippen LogP contribution is -2.35. The number of hydrogen-bond donors (Lipinski definition) is 2. The Morgan fingerprint density at radius 1 is 1.26 bits per heavy atom. The first-order chi connectivity index (χ1) is 9.12. The van der Waals surface area contributed by atoms with Crippen LogP contribution < -0.4 is 5.32 Å². The molecule has 108 valence electrons. The Morgan fingerprint density at radius 3 is 2.53 bits per heavy atom. The van der Waals surface area contributed by atoms with Gasteiger partial charge >= 0.3 is 0 Å². The summed E-state index contributed by atoms with van der Waals surface area (Å²) in [6.45, 7) is 7.17. The molecular formula is C14H22F2N2O. The second-order valence-corrected chi connectivity index (χ2v) is 4.38. The Hall–Kier alpha value is -1.04. The molecule has 0 spiro atoms. The van der Waals surface area contributed by atoms with Crippen molar-refractivity contribution >= 4 is 0 Å². The maximum absolute atomic E-state index is 13.6. The van der Waals surface area contributed by atoms with Gasteiger partial charge in [0.1, 0.15) is 11.6 Å². The van der Waals surface area contributed by atoms with E-state index in [0.717, 1.165) is 37.8 Å². The van der Waals surface area contributed by atoms with Crippen LogP contribution in [0.4, 0.5) is 8.78 Å². The number of nitrogens with zero attached hydrogens (tertiary/aromatic N) is 1. The molecular weight excluding hydrogens is 250 g/mol. The van der Waals surface area contributed by atoms with Gasteiger partial charge in [-0.25, -0.2) is 8.78 Å². The number of halogens is 2. The Morgan fingerprint density at radius 2 is 1.95 bits per heavy atom. The van der Waals surface area contributed by atoms with E-state index >= 15 is 0 Å². The zero-order valence-electron chi connectivity index (χ0n) is 11.5. The van der Waals surface area contributed by atoms with E-state index in [0.29, 0.717) is 6.54 Å². The monoisotopic (exact) mass is 272 g/mol. The first-order valence-electron chi connectivity index (χ1n) is 6.63. The summed E-state index contributed by atoms with van der Waals surface area (Å²) in [5.74, 6) is -1.00. The first-order valence-corrected chi connectivity index (χ1v) is 6.63. The van der Waals surface area contributed by atoms with Gasteiger partial charge in [-0.3, -0.25) is 0 Å². The molecule has 0 aromatic heterocycles. The van der Waals surface area contributed by atoms with Crippen LogP contribution >= 0.6 is 0 Å². The van der Waals surface area contributed by atoms with Crippen molar-refractivity contribution in [3.63, 3.8) is 0 Å². The molecule has 19 heavy (non-hydrogen) atoms. The Kier molecular flexibility index (Phi) is 6.91. The molecule has 0 radical (unpaired) electrons. The summed E-state index contributed by atoms with van der Waals surface area (Å²) in [7, 11) is 0. The SMILES string of the molecule is CCN(CC)CCNC(CO)c1cc(F)ccc1F. The lowest BCUT2D eigenvalue weighted by Gasteiger charge is -2.22. The predicted molar refractivity (Wildman–Crippen MR) is 72.0 cm³/mol. The molecule has 0 saturated carbocycles. The third kappa shape index (κ3) is 4.86. The van der Waals surface area contributed by atoms with Crippen molar-refractivity contribution in [2.45, 2.75) is 19.9 Å². The van der Waals surface area contributed by atoms with Crippen LogP contribution in [0.1, 0.15) is 25.5 Å². The van der Waals surface area contributed by atoms with Crippen LogP contribution in [-0.4, -0.2) is 42.8 Å². The molecule has 0 bridgehead atoms. The van der Waals surface area contributed by atoms with E-state index in [4.69, 9.17) is 0 Å². The average Bonchev–Trinajstić information content (AvgIpc) is 2.42. The maximum Gasteiger partial charge on any atom is 0.128 e. The van der Waals surface area contributed by atoms with Crippen molar-refractivity contribution in [2.75, 3.05) is 32.8 Å². The van der Waals surface area contributed by atoms with Gasteiger partial charge in [0.05, 0.1) is 12.6 Å². The van der Waals surface area contributed by atoms with Crippen molar-refractivity contribution in [2.24, 2.45) is 0 Å². The predicted octanol–water partition coefficient (Wildman–Crippen LogP) is 1.93. The van der Waals surface area contributed by atoms with Gasteiger partial charge in [-0.2, -0.15) is 0 Å². The molecule has 0 aliphatic heterocycles. The minimum atomic E-state index is -0.578. The normalized spacial score (nSPS) is 12.9. The fourth-order valence-corrected chi connectivity index (χ4v) is 1.99. The van der Waals surface area contributed by atoms with Crippen LogP contribution in [0.25, 0.3) is 0 Å². The highest BCUT2D eigenvalue weighted by molar-refractivity contribution is 5.22. The zero-order chi connectivity index (χ0) is 14.3. The molecule has 1 rings (SSSR count).